The van der Waals surface area contributed by atoms with Crippen molar-refractivity contribution in [2.75, 3.05) is 6.61 Å². The van der Waals surface area contributed by atoms with Crippen LogP contribution in [0, 0.1) is 0 Å². The molecule has 0 amide bonds. The second kappa shape index (κ2) is 4.13. The van der Waals surface area contributed by atoms with Gasteiger partial charge in [-0.3, -0.25) is 4.79 Å². The average molecular weight is 229 g/mol. The lowest BCUT2D eigenvalue weighted by atomic mass is 10.1. The molecule has 0 aromatic rings. The quantitative estimate of drug-likeness (QED) is 0.329. The van der Waals surface area contributed by atoms with Crippen LogP contribution in [0.15, 0.2) is 0 Å². The summed E-state index contributed by atoms with van der Waals surface area (Å²) in [4.78, 5) is 10.0. The summed E-state index contributed by atoms with van der Waals surface area (Å²) >= 11 is 2.45. The molecule has 0 spiro atoms. The van der Waals surface area contributed by atoms with E-state index in [0.717, 1.165) is 0 Å². The van der Waals surface area contributed by atoms with Crippen molar-refractivity contribution in [2.45, 2.75) is 16.7 Å². The number of carbonyl (C=O) groups excluding carboxylic acids is 1. The maximum Gasteiger partial charge on any atom is 0.203 e. The molecule has 0 saturated carbocycles. The number of aliphatic hydroxyl groups is 4. The Balaban J connectivity index is 4.21. The third-order valence-electron chi connectivity index (χ3n) is 1.13. The van der Waals surface area contributed by atoms with E-state index < -0.39 is 23.3 Å². The summed E-state index contributed by atoms with van der Waals surface area (Å²) in [5, 5.41) is 34.9. The number of aldehydes is 1. The largest absolute Gasteiger partial charge is 0.394 e. The minimum Gasteiger partial charge on any atom is -0.394 e. The van der Waals surface area contributed by atoms with Gasteiger partial charge in [-0.15, -0.1) is 0 Å². The van der Waals surface area contributed by atoms with Crippen molar-refractivity contribution in [1.82, 2.24) is 0 Å². The minimum absolute atomic E-state index is 0.0244. The molecule has 0 unspecified atom stereocenters. The Morgan fingerprint density at radius 3 is 2.27 bits per heavy atom. The van der Waals surface area contributed by atoms with E-state index in [4.69, 9.17) is 20.4 Å². The van der Waals surface area contributed by atoms with Crippen LogP contribution < -0.4 is 0 Å². The maximum absolute atomic E-state index is 10.0. The predicted molar refractivity (Wildman–Crippen MR) is 39.0 cm³/mol. The zero-order valence-corrected chi connectivity index (χ0v) is 7.10. The van der Waals surface area contributed by atoms with Crippen LogP contribution in [-0.2, 0) is 4.79 Å². The Hall–Kier alpha value is -0.0100. The zero-order chi connectivity index (χ0) is 9.07. The summed E-state index contributed by atoms with van der Waals surface area (Å²) in [5.41, 5.74) is 0. The molecule has 3 atom stereocenters. The van der Waals surface area contributed by atoms with Crippen LogP contribution >= 0.6 is 15.9 Å². The van der Waals surface area contributed by atoms with Gasteiger partial charge in [0.05, 0.1) is 6.61 Å². The van der Waals surface area contributed by atoms with Crippen molar-refractivity contribution in [3.05, 3.63) is 0 Å². The lowest BCUT2D eigenvalue weighted by molar-refractivity contribution is -0.132. The highest BCUT2D eigenvalue weighted by molar-refractivity contribution is 9.10. The van der Waals surface area contributed by atoms with Gasteiger partial charge in [-0.2, -0.15) is 0 Å². The molecule has 0 bridgehead atoms. The molecule has 0 aliphatic heterocycles. The Kier molecular flexibility index (Phi) is 4.12. The van der Waals surface area contributed by atoms with Crippen LogP contribution in [0.2, 0.25) is 0 Å². The molecule has 0 heterocycles. The highest BCUT2D eigenvalue weighted by Crippen LogP contribution is 2.18. The molecule has 6 heteroatoms. The van der Waals surface area contributed by atoms with Gasteiger partial charge in [0.1, 0.15) is 12.2 Å². The number of rotatable bonds is 4. The average Bonchev–Trinajstić information content (AvgIpc) is 2.01. The maximum atomic E-state index is 10.0. The van der Waals surface area contributed by atoms with Crippen molar-refractivity contribution in [1.29, 1.82) is 0 Å². The van der Waals surface area contributed by atoms with Crippen molar-refractivity contribution >= 4 is 22.2 Å². The molecule has 0 fully saturated rings. The molecule has 4 N–H and O–H groups in total. The molecule has 0 radical (unpaired) electrons. The van der Waals surface area contributed by atoms with Crippen molar-refractivity contribution < 1.29 is 25.2 Å². The van der Waals surface area contributed by atoms with E-state index in [1.165, 1.54) is 0 Å². The monoisotopic (exact) mass is 228 g/mol. The van der Waals surface area contributed by atoms with Gasteiger partial charge in [0.15, 0.2) is 6.29 Å². The molecule has 0 aromatic carbocycles. The summed E-state index contributed by atoms with van der Waals surface area (Å²) < 4.78 is -2.20. The summed E-state index contributed by atoms with van der Waals surface area (Å²) in [6.45, 7) is -0.733. The molecule has 0 rings (SSSR count). The van der Waals surface area contributed by atoms with Crippen molar-refractivity contribution in [2.24, 2.45) is 0 Å². The molecule has 66 valence electrons. The normalized spacial score (nSPS) is 21.9. The van der Waals surface area contributed by atoms with Crippen molar-refractivity contribution in [3.63, 3.8) is 0 Å². The van der Waals surface area contributed by atoms with Gasteiger partial charge in [-0.25, -0.2) is 0 Å². The fraction of sp³-hybridized carbons (Fsp3) is 0.800. The Labute approximate surface area is 71.4 Å². The lowest BCUT2D eigenvalue weighted by Crippen LogP contribution is -2.47. The molecule has 5 nitrogen and oxygen atoms in total. The van der Waals surface area contributed by atoms with E-state index in [1.54, 1.807) is 0 Å². The van der Waals surface area contributed by atoms with E-state index in [1.807, 2.05) is 0 Å². The fourth-order valence-electron chi connectivity index (χ4n) is 0.439. The molecule has 0 aliphatic carbocycles. The second-order valence-corrected chi connectivity index (χ2v) is 3.31. The summed E-state index contributed by atoms with van der Waals surface area (Å²) in [7, 11) is 0. The first-order valence-corrected chi connectivity index (χ1v) is 3.59. The van der Waals surface area contributed by atoms with Gasteiger partial charge in [0.25, 0.3) is 0 Å². The van der Waals surface area contributed by atoms with Gasteiger partial charge in [-0.05, 0) is 15.9 Å². The topological polar surface area (TPSA) is 98.0 Å². The number of carbonyl (C=O) groups is 1. The smallest absolute Gasteiger partial charge is 0.203 e. The van der Waals surface area contributed by atoms with Crippen molar-refractivity contribution in [3.8, 4) is 0 Å². The van der Waals surface area contributed by atoms with Gasteiger partial charge >= 0.3 is 0 Å². The third kappa shape index (κ3) is 2.84. The number of hydrogen-bond acceptors (Lipinski definition) is 5. The number of alkyl halides is 1. The third-order valence-corrected chi connectivity index (χ3v) is 1.79. The van der Waals surface area contributed by atoms with E-state index >= 15 is 0 Å². The standard InChI is InChI=1S/C5H9BrO5/c6-5(11,2-8)4(10)3(9)1-7/h2-4,7,9-11H,1H2/t3-,4-,5+/m1/s1. The molecule has 0 aromatic heterocycles. The van der Waals surface area contributed by atoms with Crippen LogP contribution in [-0.4, -0.2) is 50.0 Å². The molecule has 0 saturated heterocycles. The zero-order valence-electron chi connectivity index (χ0n) is 5.51. The molecule has 11 heavy (non-hydrogen) atoms. The van der Waals surface area contributed by atoms with Gasteiger partial charge in [-0.1, -0.05) is 0 Å². The van der Waals surface area contributed by atoms with Gasteiger partial charge in [0, 0.05) is 0 Å². The summed E-state index contributed by atoms with van der Waals surface area (Å²) in [6, 6.07) is 0. The SMILES string of the molecule is O=C[C@@](O)(Br)[C@H](O)[C@H](O)CO. The van der Waals surface area contributed by atoms with E-state index in [2.05, 4.69) is 15.9 Å². The Morgan fingerprint density at radius 1 is 1.55 bits per heavy atom. The first kappa shape index (κ1) is 11.0. The van der Waals surface area contributed by atoms with Gasteiger partial charge < -0.3 is 20.4 Å². The van der Waals surface area contributed by atoms with E-state index in [0.29, 0.717) is 0 Å². The fourth-order valence-corrected chi connectivity index (χ4v) is 0.745. The van der Waals surface area contributed by atoms with Crippen LogP contribution in [0.25, 0.3) is 0 Å². The molecule has 0 aliphatic rings. The second-order valence-electron chi connectivity index (χ2n) is 2.04. The minimum atomic E-state index is -2.20. The van der Waals surface area contributed by atoms with Crippen LogP contribution in [0.4, 0.5) is 0 Å². The highest BCUT2D eigenvalue weighted by Gasteiger charge is 2.37. The summed E-state index contributed by atoms with van der Waals surface area (Å²) in [6.07, 6.45) is -3.27. The summed E-state index contributed by atoms with van der Waals surface area (Å²) in [5.74, 6) is 0. The first-order valence-electron chi connectivity index (χ1n) is 2.80. The number of halogens is 1. The lowest BCUT2D eigenvalue weighted by Gasteiger charge is -2.24. The predicted octanol–water partition coefficient (Wildman–Crippen LogP) is -2.02. The van der Waals surface area contributed by atoms with E-state index in [-0.39, 0.29) is 6.29 Å². The van der Waals surface area contributed by atoms with Crippen LogP contribution in [0.3, 0.4) is 0 Å². The number of hydrogen-bond donors (Lipinski definition) is 4. The van der Waals surface area contributed by atoms with Gasteiger partial charge in [0.2, 0.25) is 4.51 Å². The van der Waals surface area contributed by atoms with Crippen LogP contribution in [0.1, 0.15) is 0 Å². The molecular weight excluding hydrogens is 220 g/mol. The molecular formula is C5H9BrO5. The Morgan fingerprint density at radius 2 is 2.00 bits per heavy atom. The van der Waals surface area contributed by atoms with E-state index in [9.17, 15) is 4.79 Å². The first-order chi connectivity index (χ1) is 4.95. The highest BCUT2D eigenvalue weighted by atomic mass is 79.9. The van der Waals surface area contributed by atoms with Crippen LogP contribution in [0.5, 0.6) is 0 Å². The Bertz CT molecular complexity index is 137. The number of aliphatic hydroxyl groups excluding tert-OH is 3.